The third-order valence-corrected chi connectivity index (χ3v) is 4.34. The van der Waals surface area contributed by atoms with Crippen LogP contribution < -0.4 is 22.9 Å². The van der Waals surface area contributed by atoms with E-state index in [1.54, 1.807) is 0 Å². The summed E-state index contributed by atoms with van der Waals surface area (Å²) in [7, 11) is 0. The van der Waals surface area contributed by atoms with Gasteiger partial charge in [0.1, 0.15) is 0 Å². The molecule has 0 aromatic rings. The van der Waals surface area contributed by atoms with Crippen molar-refractivity contribution >= 4 is 0 Å². The van der Waals surface area contributed by atoms with Crippen molar-refractivity contribution in [1.82, 2.24) is 0 Å². The molecule has 0 spiro atoms. The topological polar surface area (TPSA) is 104 Å². The number of hydrogen-bond donors (Lipinski definition) is 4. The van der Waals surface area contributed by atoms with Gasteiger partial charge in [-0.15, -0.1) is 12.8 Å². The van der Waals surface area contributed by atoms with Crippen molar-refractivity contribution in [2.75, 3.05) is 0 Å². The van der Waals surface area contributed by atoms with Crippen LogP contribution in [0.3, 0.4) is 0 Å². The molecule has 0 heterocycles. The summed E-state index contributed by atoms with van der Waals surface area (Å²) in [5.41, 5.74) is 21.5. The zero-order valence-electron chi connectivity index (χ0n) is 16.6. The van der Waals surface area contributed by atoms with Crippen LogP contribution in [0.15, 0.2) is 0 Å². The molecule has 0 saturated heterocycles. The average Bonchev–Trinajstić information content (AvgIpc) is 2.62. The molecule has 0 bridgehead atoms. The Labute approximate surface area is 169 Å². The van der Waals surface area contributed by atoms with Crippen molar-refractivity contribution in [2.24, 2.45) is 46.6 Å². The third-order valence-electron chi connectivity index (χ3n) is 4.34. The van der Waals surface area contributed by atoms with Crippen LogP contribution in [0.4, 0.5) is 0 Å². The van der Waals surface area contributed by atoms with E-state index < -0.39 is 0 Å². The largest absolute Gasteiger partial charge is 0.508 e. The van der Waals surface area contributed by atoms with Crippen LogP contribution in [-0.4, -0.2) is 0 Å². The van der Waals surface area contributed by atoms with E-state index in [0.717, 1.165) is 51.4 Å². The molecule has 0 aliphatic heterocycles. The summed E-state index contributed by atoms with van der Waals surface area (Å²) >= 11 is 0. The van der Waals surface area contributed by atoms with Gasteiger partial charge < -0.3 is 49.1 Å². The molecule has 5 radical (unpaired) electrons. The quantitative estimate of drug-likeness (QED) is 0.203. The second-order valence-corrected chi connectivity index (χ2v) is 6.32. The molecule has 0 aliphatic rings. The molecule has 4 atom stereocenters. The molecule has 8 N–H and O–H groups in total. The molecule has 0 aromatic carbocycles. The van der Waals surface area contributed by atoms with Crippen LogP contribution >= 0.6 is 0 Å². The second kappa shape index (κ2) is 22.4. The fourth-order valence-electron chi connectivity index (χ4n) is 2.63. The standard InChI is InChI=1S/2C10H20N2.Cu/c2*1-3-5-10(8-12)6-9(4-2)7-11;/h2*9-10H,3-6,11-12H2,1-2H3;/q2*-2;. The Kier molecular flexibility index (Phi) is 27.0. The van der Waals surface area contributed by atoms with E-state index in [1.165, 1.54) is 0 Å². The van der Waals surface area contributed by atoms with Crippen LogP contribution in [-0.2, 0) is 17.1 Å². The minimum absolute atomic E-state index is 0. The van der Waals surface area contributed by atoms with E-state index in [-0.39, 0.29) is 17.1 Å². The zero-order valence-corrected chi connectivity index (χ0v) is 17.5. The van der Waals surface area contributed by atoms with Gasteiger partial charge in [0.15, 0.2) is 0 Å². The fourth-order valence-corrected chi connectivity index (χ4v) is 2.63. The maximum absolute atomic E-state index is 5.40. The summed E-state index contributed by atoms with van der Waals surface area (Å²) in [5, 5.41) is 0. The summed E-state index contributed by atoms with van der Waals surface area (Å²) in [6, 6.07) is 0. The molecular formula is C20H40CuN4-4. The van der Waals surface area contributed by atoms with Gasteiger partial charge in [0.2, 0.25) is 0 Å². The Morgan fingerprint density at radius 2 is 0.840 bits per heavy atom. The predicted octanol–water partition coefficient (Wildman–Crippen LogP) is 3.63. The van der Waals surface area contributed by atoms with Crippen LogP contribution in [0.5, 0.6) is 0 Å². The van der Waals surface area contributed by atoms with E-state index >= 15 is 0 Å². The normalized spacial score (nSPS) is 15.4. The molecule has 0 aliphatic carbocycles. The second-order valence-electron chi connectivity index (χ2n) is 6.32. The van der Waals surface area contributed by atoms with Gasteiger partial charge >= 0.3 is 0 Å². The molecular weight excluding hydrogens is 360 g/mol. The minimum Gasteiger partial charge on any atom is -0.508 e. The molecule has 155 valence electrons. The molecule has 5 heteroatoms. The number of rotatable bonds is 14. The Morgan fingerprint density at radius 1 is 0.560 bits per heavy atom. The predicted molar refractivity (Wildman–Crippen MR) is 103 cm³/mol. The van der Waals surface area contributed by atoms with Gasteiger partial charge in [0.25, 0.3) is 0 Å². The van der Waals surface area contributed by atoms with Crippen molar-refractivity contribution < 1.29 is 17.1 Å². The van der Waals surface area contributed by atoms with Gasteiger partial charge in [0, 0.05) is 17.1 Å². The first kappa shape index (κ1) is 30.1. The van der Waals surface area contributed by atoms with E-state index in [4.69, 9.17) is 22.9 Å². The van der Waals surface area contributed by atoms with Gasteiger partial charge in [-0.05, 0) is 0 Å². The summed E-state index contributed by atoms with van der Waals surface area (Å²) in [6.45, 7) is 19.7. The average molecular weight is 400 g/mol. The molecule has 0 saturated carbocycles. The molecule has 4 nitrogen and oxygen atoms in total. The SMILES string of the molecule is CCCC([C-]N)CC([C-]N)CC.CCCC([C-]N)CC([C-]N)CC.[Cu]. The molecule has 4 unspecified atom stereocenters. The molecule has 0 aromatic heterocycles. The Bertz CT molecular complexity index is 210. The van der Waals surface area contributed by atoms with Crippen molar-refractivity contribution in [1.29, 1.82) is 0 Å². The van der Waals surface area contributed by atoms with Gasteiger partial charge in [-0.25, -0.2) is 0 Å². The Hall–Kier alpha value is 0.359. The van der Waals surface area contributed by atoms with Gasteiger partial charge in [-0.2, -0.15) is 23.7 Å². The van der Waals surface area contributed by atoms with Gasteiger partial charge in [-0.1, -0.05) is 66.2 Å². The Balaban J connectivity index is -0.000000372. The van der Waals surface area contributed by atoms with E-state index in [1.807, 2.05) is 0 Å². The molecule has 0 rings (SSSR count). The van der Waals surface area contributed by atoms with Crippen LogP contribution in [0.1, 0.15) is 79.1 Å². The van der Waals surface area contributed by atoms with Gasteiger partial charge in [-0.3, -0.25) is 0 Å². The first-order valence-electron chi connectivity index (χ1n) is 9.40. The number of nitrogens with two attached hydrogens (primary N) is 4. The first-order valence-corrected chi connectivity index (χ1v) is 9.40. The van der Waals surface area contributed by atoms with Crippen molar-refractivity contribution in [3.63, 3.8) is 0 Å². The summed E-state index contributed by atoms with van der Waals surface area (Å²) in [4.78, 5) is 0. The van der Waals surface area contributed by atoms with Crippen LogP contribution in [0, 0.1) is 49.9 Å². The molecule has 0 amide bonds. The van der Waals surface area contributed by atoms with E-state index in [0.29, 0.717) is 23.7 Å². The molecule has 0 fully saturated rings. The summed E-state index contributed by atoms with van der Waals surface area (Å²) in [5.74, 6) is 1.52. The van der Waals surface area contributed by atoms with Crippen LogP contribution in [0.25, 0.3) is 0 Å². The maximum atomic E-state index is 5.40. The maximum Gasteiger partial charge on any atom is 0 e. The van der Waals surface area contributed by atoms with E-state index in [2.05, 4.69) is 53.9 Å². The summed E-state index contributed by atoms with van der Waals surface area (Å²) < 4.78 is 0. The fraction of sp³-hybridized carbons (Fsp3) is 0.800. The minimum atomic E-state index is 0. The Morgan fingerprint density at radius 3 is 1.00 bits per heavy atom. The monoisotopic (exact) mass is 399 g/mol. The summed E-state index contributed by atoms with van der Waals surface area (Å²) in [6.07, 6.45) is 8.58. The zero-order chi connectivity index (χ0) is 18.8. The first-order chi connectivity index (χ1) is 11.6. The van der Waals surface area contributed by atoms with Crippen molar-refractivity contribution in [2.45, 2.75) is 79.1 Å². The third kappa shape index (κ3) is 17.5. The molecule has 25 heavy (non-hydrogen) atoms. The van der Waals surface area contributed by atoms with Gasteiger partial charge in [0.05, 0.1) is 0 Å². The van der Waals surface area contributed by atoms with E-state index in [9.17, 15) is 0 Å². The smallest absolute Gasteiger partial charge is 0 e. The van der Waals surface area contributed by atoms with Crippen molar-refractivity contribution in [3.8, 4) is 0 Å². The number of hydrogen-bond acceptors (Lipinski definition) is 4. The van der Waals surface area contributed by atoms with Crippen molar-refractivity contribution in [3.05, 3.63) is 26.2 Å². The van der Waals surface area contributed by atoms with Crippen LogP contribution in [0.2, 0.25) is 0 Å².